The maximum Gasteiger partial charge on any atom is 0.123 e. The summed E-state index contributed by atoms with van der Waals surface area (Å²) in [7, 11) is 0. The molecule has 2 aromatic heterocycles. The van der Waals surface area contributed by atoms with E-state index in [4.69, 9.17) is 0 Å². The van der Waals surface area contributed by atoms with Crippen molar-refractivity contribution in [1.82, 2.24) is 14.8 Å². The normalized spacial score (nSPS) is 11.2. The first-order chi connectivity index (χ1) is 9.83. The maximum absolute atomic E-state index is 13.4. The SMILES string of the molecule is Fc1ccc2cc(-c3ccccc3)n3nncc3c2c1. The van der Waals surface area contributed by atoms with Crippen molar-refractivity contribution in [3.05, 3.63) is 66.6 Å². The quantitative estimate of drug-likeness (QED) is 0.524. The van der Waals surface area contributed by atoms with Crippen LogP contribution >= 0.6 is 0 Å². The Bertz CT molecular complexity index is 913. The van der Waals surface area contributed by atoms with E-state index in [1.807, 2.05) is 36.4 Å². The fraction of sp³-hybridized carbons (Fsp3) is 0. The van der Waals surface area contributed by atoms with Crippen LogP contribution in [0.1, 0.15) is 0 Å². The lowest BCUT2D eigenvalue weighted by molar-refractivity contribution is 0.630. The van der Waals surface area contributed by atoms with Crippen LogP contribution in [0.2, 0.25) is 0 Å². The van der Waals surface area contributed by atoms with Crippen LogP contribution in [0.4, 0.5) is 4.39 Å². The zero-order valence-electron chi connectivity index (χ0n) is 10.5. The zero-order chi connectivity index (χ0) is 13.5. The van der Waals surface area contributed by atoms with Crippen molar-refractivity contribution >= 4 is 16.3 Å². The molecule has 0 fully saturated rings. The van der Waals surface area contributed by atoms with Crippen LogP contribution in [0, 0.1) is 5.82 Å². The van der Waals surface area contributed by atoms with Gasteiger partial charge in [-0.05, 0) is 23.6 Å². The Kier molecular flexibility index (Phi) is 2.29. The molecule has 0 unspecified atom stereocenters. The first-order valence-electron chi connectivity index (χ1n) is 6.31. The van der Waals surface area contributed by atoms with Crippen molar-refractivity contribution in [1.29, 1.82) is 0 Å². The molecule has 0 radical (unpaired) electrons. The molecule has 0 spiro atoms. The van der Waals surface area contributed by atoms with Gasteiger partial charge in [0.1, 0.15) is 5.82 Å². The summed E-state index contributed by atoms with van der Waals surface area (Å²) in [5.41, 5.74) is 2.80. The first kappa shape index (κ1) is 11.1. The van der Waals surface area contributed by atoms with Crippen molar-refractivity contribution < 1.29 is 4.39 Å². The topological polar surface area (TPSA) is 30.2 Å². The number of fused-ring (bicyclic) bond motifs is 3. The fourth-order valence-corrected chi connectivity index (χ4v) is 2.50. The number of benzene rings is 2. The summed E-state index contributed by atoms with van der Waals surface area (Å²) in [5, 5.41) is 9.86. The van der Waals surface area contributed by atoms with Crippen molar-refractivity contribution in [3.8, 4) is 11.3 Å². The van der Waals surface area contributed by atoms with Gasteiger partial charge in [-0.25, -0.2) is 8.91 Å². The van der Waals surface area contributed by atoms with Crippen LogP contribution in [-0.4, -0.2) is 14.8 Å². The summed E-state index contributed by atoms with van der Waals surface area (Å²) >= 11 is 0. The molecule has 0 atom stereocenters. The Morgan fingerprint density at radius 2 is 1.80 bits per heavy atom. The van der Waals surface area contributed by atoms with E-state index in [0.717, 1.165) is 27.5 Å². The van der Waals surface area contributed by atoms with Crippen LogP contribution < -0.4 is 0 Å². The Morgan fingerprint density at radius 1 is 0.950 bits per heavy atom. The summed E-state index contributed by atoms with van der Waals surface area (Å²) < 4.78 is 15.2. The molecule has 2 heterocycles. The van der Waals surface area contributed by atoms with Crippen molar-refractivity contribution in [3.63, 3.8) is 0 Å². The molecule has 4 aromatic rings. The van der Waals surface area contributed by atoms with Gasteiger partial charge in [0.25, 0.3) is 0 Å². The molecule has 2 aromatic carbocycles. The van der Waals surface area contributed by atoms with E-state index in [1.54, 1.807) is 16.8 Å². The molecular formula is C16H10FN3. The highest BCUT2D eigenvalue weighted by molar-refractivity contribution is 5.98. The van der Waals surface area contributed by atoms with Crippen molar-refractivity contribution in [2.45, 2.75) is 0 Å². The highest BCUT2D eigenvalue weighted by Crippen LogP contribution is 2.27. The molecule has 0 saturated carbocycles. The summed E-state index contributed by atoms with van der Waals surface area (Å²) in [6.07, 6.45) is 1.66. The predicted molar refractivity (Wildman–Crippen MR) is 75.9 cm³/mol. The van der Waals surface area contributed by atoms with Gasteiger partial charge < -0.3 is 0 Å². The molecule has 0 aliphatic heterocycles. The summed E-state index contributed by atoms with van der Waals surface area (Å²) in [6.45, 7) is 0. The van der Waals surface area contributed by atoms with Gasteiger partial charge in [0.05, 0.1) is 17.4 Å². The minimum Gasteiger partial charge on any atom is -0.212 e. The molecule has 0 aliphatic carbocycles. The van der Waals surface area contributed by atoms with E-state index in [2.05, 4.69) is 10.3 Å². The molecule has 0 amide bonds. The second kappa shape index (κ2) is 4.13. The minimum atomic E-state index is -0.256. The number of rotatable bonds is 1. The number of pyridine rings is 1. The monoisotopic (exact) mass is 263 g/mol. The standard InChI is InChI=1S/C16H10FN3/c17-13-7-6-12-8-15(11-4-2-1-3-5-11)20-16(10-18-19-20)14(12)9-13/h1-10H. The second-order valence-corrected chi connectivity index (χ2v) is 4.66. The molecule has 96 valence electrons. The van der Waals surface area contributed by atoms with Crippen LogP contribution in [0.5, 0.6) is 0 Å². The van der Waals surface area contributed by atoms with E-state index in [9.17, 15) is 4.39 Å². The van der Waals surface area contributed by atoms with Crippen LogP contribution in [0.15, 0.2) is 60.8 Å². The summed E-state index contributed by atoms with van der Waals surface area (Å²) in [5.74, 6) is -0.256. The molecule has 20 heavy (non-hydrogen) atoms. The van der Waals surface area contributed by atoms with Crippen LogP contribution in [0.3, 0.4) is 0 Å². The van der Waals surface area contributed by atoms with E-state index in [0.29, 0.717) is 0 Å². The highest BCUT2D eigenvalue weighted by Gasteiger charge is 2.10. The molecule has 4 heteroatoms. The third-order valence-electron chi connectivity index (χ3n) is 3.43. The van der Waals surface area contributed by atoms with Gasteiger partial charge in [-0.3, -0.25) is 0 Å². The van der Waals surface area contributed by atoms with Crippen LogP contribution in [-0.2, 0) is 0 Å². The molecule has 0 N–H and O–H groups in total. The number of aromatic nitrogens is 3. The van der Waals surface area contributed by atoms with Gasteiger partial charge in [0.15, 0.2) is 0 Å². The lowest BCUT2D eigenvalue weighted by atomic mass is 10.1. The third kappa shape index (κ3) is 1.58. The fourth-order valence-electron chi connectivity index (χ4n) is 2.50. The van der Waals surface area contributed by atoms with Gasteiger partial charge in [-0.1, -0.05) is 41.6 Å². The highest BCUT2D eigenvalue weighted by atomic mass is 19.1. The summed E-state index contributed by atoms with van der Waals surface area (Å²) in [6, 6.07) is 16.7. The first-order valence-corrected chi connectivity index (χ1v) is 6.31. The molecule has 0 saturated heterocycles. The minimum absolute atomic E-state index is 0.256. The molecule has 0 aliphatic rings. The molecule has 3 nitrogen and oxygen atoms in total. The zero-order valence-corrected chi connectivity index (χ0v) is 10.5. The molecule has 0 bridgehead atoms. The number of nitrogens with zero attached hydrogens (tertiary/aromatic N) is 3. The average molecular weight is 263 g/mol. The number of hydrogen-bond donors (Lipinski definition) is 0. The Balaban J connectivity index is 2.15. The van der Waals surface area contributed by atoms with Gasteiger partial charge in [-0.2, -0.15) is 0 Å². The van der Waals surface area contributed by atoms with E-state index < -0.39 is 0 Å². The number of hydrogen-bond acceptors (Lipinski definition) is 2. The van der Waals surface area contributed by atoms with Crippen molar-refractivity contribution in [2.24, 2.45) is 0 Å². The van der Waals surface area contributed by atoms with E-state index >= 15 is 0 Å². The van der Waals surface area contributed by atoms with Gasteiger partial charge in [0.2, 0.25) is 0 Å². The Morgan fingerprint density at radius 3 is 2.65 bits per heavy atom. The summed E-state index contributed by atoms with van der Waals surface area (Å²) in [4.78, 5) is 0. The maximum atomic E-state index is 13.4. The van der Waals surface area contributed by atoms with Crippen molar-refractivity contribution in [2.75, 3.05) is 0 Å². The predicted octanol–water partition coefficient (Wildman–Crippen LogP) is 3.69. The largest absolute Gasteiger partial charge is 0.212 e. The number of halogens is 1. The van der Waals surface area contributed by atoms with Gasteiger partial charge >= 0.3 is 0 Å². The van der Waals surface area contributed by atoms with E-state index in [1.165, 1.54) is 12.1 Å². The second-order valence-electron chi connectivity index (χ2n) is 4.66. The van der Waals surface area contributed by atoms with Crippen LogP contribution in [0.25, 0.3) is 27.5 Å². The average Bonchev–Trinajstić information content (AvgIpc) is 2.97. The Labute approximate surface area is 114 Å². The smallest absolute Gasteiger partial charge is 0.123 e. The third-order valence-corrected chi connectivity index (χ3v) is 3.43. The molecular weight excluding hydrogens is 253 g/mol. The van der Waals surface area contributed by atoms with E-state index in [-0.39, 0.29) is 5.82 Å². The Hall–Kier alpha value is -2.75. The van der Waals surface area contributed by atoms with Gasteiger partial charge in [0, 0.05) is 10.9 Å². The lowest BCUT2D eigenvalue weighted by Gasteiger charge is -2.08. The molecule has 4 rings (SSSR count). The lowest BCUT2D eigenvalue weighted by Crippen LogP contribution is -1.95. The van der Waals surface area contributed by atoms with Gasteiger partial charge in [-0.15, -0.1) is 5.10 Å².